The van der Waals surface area contributed by atoms with Gasteiger partial charge in [-0.1, -0.05) is 13.3 Å². The maximum Gasteiger partial charge on any atom is 0.397 e. The maximum atomic E-state index is 9.84. The molecule has 0 amide bonds. The third-order valence-electron chi connectivity index (χ3n) is 0.730. The van der Waals surface area contributed by atoms with E-state index >= 15 is 0 Å². The lowest BCUT2D eigenvalue weighted by atomic mass is 10.4. The van der Waals surface area contributed by atoms with Gasteiger partial charge in [0.05, 0.1) is 6.61 Å². The van der Waals surface area contributed by atoms with E-state index in [1.807, 2.05) is 6.92 Å². The third-order valence-corrected chi connectivity index (χ3v) is 1.19. The summed E-state index contributed by atoms with van der Waals surface area (Å²) in [7, 11) is -4.20. The van der Waals surface area contributed by atoms with Gasteiger partial charge in [-0.15, -0.1) is 0 Å². The van der Waals surface area contributed by atoms with Crippen LogP contribution >= 0.6 is 9.90 Å². The number of hydrogen-bond donors (Lipinski definition) is 1. The zero-order chi connectivity index (χ0) is 7.33. The zero-order valence-corrected chi connectivity index (χ0v) is 8.14. The Morgan fingerprint density at radius 2 is 2.00 bits per heavy atom. The van der Waals surface area contributed by atoms with E-state index in [9.17, 15) is 8.42 Å². The molecule has 0 saturated heterocycles. The Morgan fingerprint density at radius 3 is 2.30 bits per heavy atom. The summed E-state index contributed by atoms with van der Waals surface area (Å²) in [5.74, 6) is 0. The highest BCUT2D eigenvalue weighted by molar-refractivity contribution is 7.80. The number of unbranched alkanes of at least 4 members (excludes halogenated alkanes) is 1. The minimum atomic E-state index is -4.20. The van der Waals surface area contributed by atoms with Gasteiger partial charge in [0.25, 0.3) is 0 Å². The van der Waals surface area contributed by atoms with Crippen LogP contribution in [0.25, 0.3) is 0 Å². The molecular formula is C4H13O4PS. The highest BCUT2D eigenvalue weighted by Gasteiger charge is 2.00. The van der Waals surface area contributed by atoms with Crippen LogP contribution in [-0.4, -0.2) is 19.6 Å². The van der Waals surface area contributed by atoms with E-state index in [-0.39, 0.29) is 16.5 Å². The Labute approximate surface area is 64.5 Å². The predicted octanol–water partition coefficient (Wildman–Crippen LogP) is 0.664. The topological polar surface area (TPSA) is 63.6 Å². The van der Waals surface area contributed by atoms with Crippen LogP contribution in [0.3, 0.4) is 0 Å². The van der Waals surface area contributed by atoms with Gasteiger partial charge in [-0.25, -0.2) is 4.18 Å². The molecule has 0 bridgehead atoms. The normalized spacial score (nSPS) is 10.6. The lowest BCUT2D eigenvalue weighted by molar-refractivity contribution is 0.264. The average molecular weight is 188 g/mol. The largest absolute Gasteiger partial charge is 0.397 e. The first-order valence-electron chi connectivity index (χ1n) is 2.68. The number of rotatable bonds is 4. The molecule has 0 spiro atoms. The first-order chi connectivity index (χ1) is 4.06. The molecule has 0 aromatic rings. The van der Waals surface area contributed by atoms with Crippen LogP contribution < -0.4 is 0 Å². The van der Waals surface area contributed by atoms with Crippen LogP contribution in [0.4, 0.5) is 0 Å². The molecule has 1 unspecified atom stereocenters. The van der Waals surface area contributed by atoms with Crippen molar-refractivity contribution < 1.29 is 17.2 Å². The van der Waals surface area contributed by atoms with Gasteiger partial charge in [0.1, 0.15) is 0 Å². The van der Waals surface area contributed by atoms with Crippen molar-refractivity contribution in [1.82, 2.24) is 0 Å². The van der Waals surface area contributed by atoms with Crippen molar-refractivity contribution in [3.8, 4) is 0 Å². The monoisotopic (exact) mass is 188 g/mol. The first kappa shape index (κ1) is 12.9. The van der Waals surface area contributed by atoms with E-state index in [2.05, 4.69) is 4.18 Å². The SMILES string of the molecule is CCCCOS(=O)(=O)O.P. The fourth-order valence-corrected chi connectivity index (χ4v) is 0.637. The van der Waals surface area contributed by atoms with Crippen molar-refractivity contribution in [3.63, 3.8) is 0 Å². The molecule has 6 heteroatoms. The van der Waals surface area contributed by atoms with E-state index in [0.29, 0.717) is 6.42 Å². The Balaban J connectivity index is 0. The molecule has 0 rings (SSSR count). The van der Waals surface area contributed by atoms with Crippen LogP contribution in [0.1, 0.15) is 19.8 Å². The molecule has 10 heavy (non-hydrogen) atoms. The van der Waals surface area contributed by atoms with Gasteiger partial charge in [0, 0.05) is 0 Å². The standard InChI is InChI=1S/C4H10O4S.H3P/c1-2-3-4-8-9(5,6)7;/h2-4H2,1H3,(H,5,6,7);1H3. The second kappa shape index (κ2) is 6.04. The summed E-state index contributed by atoms with van der Waals surface area (Å²) in [6.45, 7) is 1.96. The lowest BCUT2D eigenvalue weighted by Gasteiger charge is -1.95. The van der Waals surface area contributed by atoms with Crippen LogP contribution in [0, 0.1) is 0 Å². The molecule has 0 radical (unpaired) electrons. The molecule has 0 saturated carbocycles. The molecule has 0 aromatic carbocycles. The van der Waals surface area contributed by atoms with Gasteiger partial charge in [-0.2, -0.15) is 18.3 Å². The highest BCUT2D eigenvalue weighted by atomic mass is 32.3. The summed E-state index contributed by atoms with van der Waals surface area (Å²) in [4.78, 5) is 0. The van der Waals surface area contributed by atoms with Crippen molar-refractivity contribution in [2.24, 2.45) is 0 Å². The van der Waals surface area contributed by atoms with Gasteiger partial charge in [-0.05, 0) is 6.42 Å². The quantitative estimate of drug-likeness (QED) is 0.400. The second-order valence-electron chi connectivity index (χ2n) is 1.60. The van der Waals surface area contributed by atoms with Gasteiger partial charge >= 0.3 is 10.4 Å². The summed E-state index contributed by atoms with van der Waals surface area (Å²) < 4.78 is 31.7. The second-order valence-corrected chi connectivity index (χ2v) is 2.69. The van der Waals surface area contributed by atoms with Crippen molar-refractivity contribution >= 4 is 20.3 Å². The summed E-state index contributed by atoms with van der Waals surface area (Å²) in [5, 5.41) is 0. The smallest absolute Gasteiger partial charge is 0.264 e. The summed E-state index contributed by atoms with van der Waals surface area (Å²) in [6, 6.07) is 0. The van der Waals surface area contributed by atoms with Gasteiger partial charge in [0.15, 0.2) is 0 Å². The van der Waals surface area contributed by atoms with E-state index in [4.69, 9.17) is 4.55 Å². The fraction of sp³-hybridized carbons (Fsp3) is 1.00. The third kappa shape index (κ3) is 11.1. The van der Waals surface area contributed by atoms with Crippen LogP contribution in [0.5, 0.6) is 0 Å². The molecule has 0 aliphatic carbocycles. The van der Waals surface area contributed by atoms with E-state index in [0.717, 1.165) is 6.42 Å². The summed E-state index contributed by atoms with van der Waals surface area (Å²) >= 11 is 0. The van der Waals surface area contributed by atoms with Gasteiger partial charge < -0.3 is 0 Å². The molecule has 1 atom stereocenters. The number of hydrogen-bond acceptors (Lipinski definition) is 3. The lowest BCUT2D eigenvalue weighted by Crippen LogP contribution is -2.04. The Hall–Kier alpha value is 0.300. The van der Waals surface area contributed by atoms with Crippen LogP contribution in [0.15, 0.2) is 0 Å². The Kier molecular flexibility index (Phi) is 7.81. The molecule has 64 valence electrons. The fourth-order valence-electron chi connectivity index (χ4n) is 0.309. The molecule has 0 heterocycles. The molecule has 0 aliphatic rings. The summed E-state index contributed by atoms with van der Waals surface area (Å²) in [5.41, 5.74) is 0. The first-order valence-corrected chi connectivity index (χ1v) is 4.04. The molecule has 0 fully saturated rings. The molecule has 0 aromatic heterocycles. The maximum absolute atomic E-state index is 9.84. The predicted molar refractivity (Wildman–Crippen MR) is 43.5 cm³/mol. The highest BCUT2D eigenvalue weighted by Crippen LogP contribution is 1.91. The van der Waals surface area contributed by atoms with Gasteiger partial charge in [0.2, 0.25) is 0 Å². The summed E-state index contributed by atoms with van der Waals surface area (Å²) in [6.07, 6.45) is 1.48. The van der Waals surface area contributed by atoms with Crippen LogP contribution in [0.2, 0.25) is 0 Å². The van der Waals surface area contributed by atoms with Crippen molar-refractivity contribution in [1.29, 1.82) is 0 Å². The van der Waals surface area contributed by atoms with Crippen molar-refractivity contribution in [2.75, 3.05) is 6.61 Å². The minimum Gasteiger partial charge on any atom is -0.264 e. The van der Waals surface area contributed by atoms with Gasteiger partial charge in [-0.3, -0.25) is 4.55 Å². The molecule has 0 aliphatic heterocycles. The van der Waals surface area contributed by atoms with Crippen molar-refractivity contribution in [3.05, 3.63) is 0 Å². The zero-order valence-electron chi connectivity index (χ0n) is 5.91. The van der Waals surface area contributed by atoms with E-state index in [1.54, 1.807) is 0 Å². The van der Waals surface area contributed by atoms with E-state index in [1.165, 1.54) is 0 Å². The van der Waals surface area contributed by atoms with Crippen LogP contribution in [-0.2, 0) is 14.6 Å². The average Bonchev–Trinajstić information content (AvgIpc) is 1.63. The molecule has 4 nitrogen and oxygen atoms in total. The minimum absolute atomic E-state index is 0. The van der Waals surface area contributed by atoms with Crippen molar-refractivity contribution in [2.45, 2.75) is 19.8 Å². The Morgan fingerprint density at radius 1 is 1.50 bits per heavy atom. The molecular weight excluding hydrogens is 175 g/mol. The Bertz CT molecular complexity index is 153. The molecule has 1 N–H and O–H groups in total. The van der Waals surface area contributed by atoms with E-state index < -0.39 is 10.4 Å².